The van der Waals surface area contributed by atoms with Gasteiger partial charge in [0.25, 0.3) is 5.91 Å². The van der Waals surface area contributed by atoms with Gasteiger partial charge in [-0.1, -0.05) is 0 Å². The van der Waals surface area contributed by atoms with Crippen LogP contribution in [0.4, 0.5) is 5.69 Å². The quantitative estimate of drug-likeness (QED) is 0.466. The van der Waals surface area contributed by atoms with Gasteiger partial charge in [-0.15, -0.1) is 0 Å². The molecule has 0 bridgehead atoms. The molecule has 2 rings (SSSR count). The monoisotopic (exact) mass is 411 g/mol. The van der Waals surface area contributed by atoms with Crippen LogP contribution in [0, 0.1) is 10.5 Å². The zero-order valence-corrected chi connectivity index (χ0v) is 14.0. The van der Waals surface area contributed by atoms with Crippen molar-refractivity contribution in [1.29, 1.82) is 0 Å². The minimum Gasteiger partial charge on any atom is -0.465 e. The topological polar surface area (TPSA) is 68.5 Å². The molecule has 0 unspecified atom stereocenters. The van der Waals surface area contributed by atoms with Crippen molar-refractivity contribution in [2.45, 2.75) is 6.92 Å². The van der Waals surface area contributed by atoms with E-state index in [0.717, 1.165) is 9.13 Å². The zero-order valence-electron chi connectivity index (χ0n) is 11.8. The van der Waals surface area contributed by atoms with E-state index in [1.807, 2.05) is 25.1 Å². The maximum atomic E-state index is 11.8. The first-order valence-electron chi connectivity index (χ1n) is 6.49. The molecule has 5 nitrogen and oxygen atoms in total. The molecule has 0 aliphatic rings. The molecule has 1 aromatic carbocycles. The van der Waals surface area contributed by atoms with Crippen LogP contribution in [-0.2, 0) is 14.3 Å². The second-order valence-corrected chi connectivity index (χ2v) is 5.71. The number of esters is 1. The number of benzene rings is 1. The van der Waals surface area contributed by atoms with E-state index in [9.17, 15) is 9.59 Å². The van der Waals surface area contributed by atoms with Crippen LogP contribution < -0.4 is 5.32 Å². The smallest absolute Gasteiger partial charge is 0.331 e. The number of anilines is 1. The number of aryl methyl sites for hydroxylation is 1. The molecule has 6 heteroatoms. The van der Waals surface area contributed by atoms with E-state index in [-0.39, 0.29) is 12.5 Å². The molecule has 1 heterocycles. The third-order valence-electron chi connectivity index (χ3n) is 2.73. The average Bonchev–Trinajstić information content (AvgIpc) is 2.99. The van der Waals surface area contributed by atoms with E-state index in [1.54, 1.807) is 12.1 Å². The lowest BCUT2D eigenvalue weighted by Crippen LogP contribution is -2.20. The fraction of sp³-hybridized carbons (Fsp3) is 0.125. The molecule has 1 N–H and O–H groups in total. The molecule has 0 radical (unpaired) electrons. The number of ether oxygens (including phenoxy) is 1. The summed E-state index contributed by atoms with van der Waals surface area (Å²) in [5, 5.41) is 2.70. The van der Waals surface area contributed by atoms with Gasteiger partial charge in [0.15, 0.2) is 6.61 Å². The van der Waals surface area contributed by atoms with E-state index in [4.69, 9.17) is 9.15 Å². The van der Waals surface area contributed by atoms with Crippen LogP contribution in [0.25, 0.3) is 6.08 Å². The standard InChI is InChI=1S/C16H14INO4/c1-11-9-12(17)4-6-14(11)18-15(19)10-22-16(20)7-5-13-3-2-8-21-13/h2-9H,10H2,1H3,(H,18,19). The maximum Gasteiger partial charge on any atom is 0.331 e. The van der Waals surface area contributed by atoms with Gasteiger partial charge in [0, 0.05) is 15.3 Å². The number of halogens is 1. The fourth-order valence-corrected chi connectivity index (χ4v) is 2.32. The van der Waals surface area contributed by atoms with Gasteiger partial charge in [0.1, 0.15) is 5.76 Å². The van der Waals surface area contributed by atoms with Crippen LogP contribution in [0.5, 0.6) is 0 Å². The highest BCUT2D eigenvalue weighted by molar-refractivity contribution is 14.1. The highest BCUT2D eigenvalue weighted by Crippen LogP contribution is 2.17. The van der Waals surface area contributed by atoms with Gasteiger partial charge >= 0.3 is 5.97 Å². The summed E-state index contributed by atoms with van der Waals surface area (Å²) in [4.78, 5) is 23.2. The Morgan fingerprint density at radius 2 is 2.18 bits per heavy atom. The van der Waals surface area contributed by atoms with E-state index in [1.165, 1.54) is 18.4 Å². The summed E-state index contributed by atoms with van der Waals surface area (Å²) in [6.07, 6.45) is 4.19. The van der Waals surface area contributed by atoms with E-state index < -0.39 is 5.97 Å². The van der Waals surface area contributed by atoms with Crippen molar-refractivity contribution in [2.24, 2.45) is 0 Å². The van der Waals surface area contributed by atoms with Crippen LogP contribution in [0.2, 0.25) is 0 Å². The summed E-state index contributed by atoms with van der Waals surface area (Å²) in [6, 6.07) is 9.07. The summed E-state index contributed by atoms with van der Waals surface area (Å²) in [6.45, 7) is 1.56. The molecule has 1 aromatic heterocycles. The summed E-state index contributed by atoms with van der Waals surface area (Å²) in [5.41, 5.74) is 1.65. The van der Waals surface area contributed by atoms with Crippen LogP contribution >= 0.6 is 22.6 Å². The lowest BCUT2D eigenvalue weighted by atomic mass is 10.2. The average molecular weight is 411 g/mol. The van der Waals surface area contributed by atoms with Crippen LogP contribution in [0.3, 0.4) is 0 Å². The molecule has 1 amide bonds. The molecule has 0 saturated carbocycles. The Morgan fingerprint density at radius 1 is 1.36 bits per heavy atom. The van der Waals surface area contributed by atoms with Gasteiger partial charge in [0.05, 0.1) is 6.26 Å². The van der Waals surface area contributed by atoms with Crippen molar-refractivity contribution in [1.82, 2.24) is 0 Å². The molecule has 0 saturated heterocycles. The van der Waals surface area contributed by atoms with Gasteiger partial charge in [-0.25, -0.2) is 4.79 Å². The third-order valence-corrected chi connectivity index (χ3v) is 3.41. The number of hydrogen-bond donors (Lipinski definition) is 1. The molecule has 22 heavy (non-hydrogen) atoms. The van der Waals surface area contributed by atoms with Crippen molar-refractivity contribution in [2.75, 3.05) is 11.9 Å². The van der Waals surface area contributed by atoms with Gasteiger partial charge in [-0.2, -0.15) is 0 Å². The van der Waals surface area contributed by atoms with E-state index in [0.29, 0.717) is 11.4 Å². The molecule has 2 aromatic rings. The lowest BCUT2D eigenvalue weighted by Gasteiger charge is -2.08. The number of carbonyl (C=O) groups is 2. The number of rotatable bonds is 5. The normalized spacial score (nSPS) is 10.6. The summed E-state index contributed by atoms with van der Waals surface area (Å²) >= 11 is 2.20. The molecule has 0 aliphatic heterocycles. The molecule has 0 aliphatic carbocycles. The Bertz CT molecular complexity index is 692. The number of carbonyl (C=O) groups excluding carboxylic acids is 2. The van der Waals surface area contributed by atoms with Gasteiger partial charge < -0.3 is 14.5 Å². The molecular formula is C16H14INO4. The number of furan rings is 1. The first-order chi connectivity index (χ1) is 10.5. The first kappa shape index (κ1) is 16.3. The van der Waals surface area contributed by atoms with Crippen molar-refractivity contribution in [3.05, 3.63) is 57.6 Å². The van der Waals surface area contributed by atoms with Crippen LogP contribution in [0.1, 0.15) is 11.3 Å². The van der Waals surface area contributed by atoms with Crippen molar-refractivity contribution >= 4 is 46.2 Å². The predicted molar refractivity (Wildman–Crippen MR) is 91.2 cm³/mol. The van der Waals surface area contributed by atoms with Crippen LogP contribution in [0.15, 0.2) is 47.1 Å². The molecule has 0 atom stereocenters. The lowest BCUT2D eigenvalue weighted by molar-refractivity contribution is -0.142. The zero-order chi connectivity index (χ0) is 15.9. The Balaban J connectivity index is 1.81. The second kappa shape index (κ2) is 7.79. The summed E-state index contributed by atoms with van der Waals surface area (Å²) in [7, 11) is 0. The largest absolute Gasteiger partial charge is 0.465 e. The van der Waals surface area contributed by atoms with E-state index >= 15 is 0 Å². The maximum absolute atomic E-state index is 11.8. The SMILES string of the molecule is Cc1cc(I)ccc1NC(=O)COC(=O)C=Cc1ccco1. The van der Waals surface area contributed by atoms with Gasteiger partial charge in [-0.3, -0.25) is 4.79 Å². The molecule has 114 valence electrons. The third kappa shape index (κ3) is 5.03. The van der Waals surface area contributed by atoms with Crippen molar-refractivity contribution in [3.63, 3.8) is 0 Å². The molecular weight excluding hydrogens is 397 g/mol. The Labute approximate surface area is 141 Å². The minimum absolute atomic E-state index is 0.341. The Hall–Kier alpha value is -2.09. The van der Waals surface area contributed by atoms with E-state index in [2.05, 4.69) is 27.9 Å². The highest BCUT2D eigenvalue weighted by atomic mass is 127. The van der Waals surface area contributed by atoms with Crippen molar-refractivity contribution in [3.8, 4) is 0 Å². The summed E-state index contributed by atoms with van der Waals surface area (Å²) < 4.78 is 11.0. The predicted octanol–water partition coefficient (Wildman–Crippen LogP) is 3.39. The Morgan fingerprint density at radius 3 is 2.86 bits per heavy atom. The van der Waals surface area contributed by atoms with Gasteiger partial charge in [0.2, 0.25) is 0 Å². The summed E-state index contributed by atoms with van der Waals surface area (Å²) in [5.74, 6) is -0.453. The Kier molecular flexibility index (Phi) is 5.76. The molecule has 0 fully saturated rings. The van der Waals surface area contributed by atoms with Gasteiger partial charge in [-0.05, 0) is 71.5 Å². The molecule has 0 spiro atoms. The second-order valence-electron chi connectivity index (χ2n) is 4.46. The van der Waals surface area contributed by atoms with Crippen LogP contribution in [-0.4, -0.2) is 18.5 Å². The first-order valence-corrected chi connectivity index (χ1v) is 7.57. The fourth-order valence-electron chi connectivity index (χ4n) is 1.67. The van der Waals surface area contributed by atoms with Crippen molar-refractivity contribution < 1.29 is 18.7 Å². The highest BCUT2D eigenvalue weighted by Gasteiger charge is 2.07. The number of nitrogens with one attached hydrogen (secondary N) is 1. The number of hydrogen-bond acceptors (Lipinski definition) is 4. The minimum atomic E-state index is -0.606. The number of amides is 1.